The average molecular weight is 425 g/mol. The Morgan fingerprint density at radius 1 is 0.613 bits per heavy atom. The fourth-order valence-electron chi connectivity index (χ4n) is 3.99. The third-order valence-electron chi connectivity index (χ3n) is 6.28. The molecule has 0 N–H and O–H groups in total. The van der Waals surface area contributed by atoms with Gasteiger partial charge >= 0.3 is 6.18 Å². The zero-order valence-corrected chi connectivity index (χ0v) is 18.6. The maximum atomic E-state index is 14.0. The van der Waals surface area contributed by atoms with Crippen LogP contribution in [0.15, 0.2) is 72.8 Å². The van der Waals surface area contributed by atoms with Crippen molar-refractivity contribution in [1.29, 1.82) is 0 Å². The van der Waals surface area contributed by atoms with E-state index in [-0.39, 0.29) is 6.42 Å². The minimum absolute atomic E-state index is 0.126. The van der Waals surface area contributed by atoms with Crippen LogP contribution >= 0.6 is 0 Å². The monoisotopic (exact) mass is 424 g/mol. The Kier molecular flexibility index (Phi) is 7.25. The van der Waals surface area contributed by atoms with Gasteiger partial charge in [0.25, 0.3) is 0 Å². The minimum Gasteiger partial charge on any atom is -0.170 e. The van der Waals surface area contributed by atoms with E-state index in [0.29, 0.717) is 12.0 Å². The Morgan fingerprint density at radius 3 is 1.45 bits per heavy atom. The molecule has 0 aliphatic rings. The quantitative estimate of drug-likeness (QED) is 0.316. The Hall–Kier alpha value is -2.55. The van der Waals surface area contributed by atoms with Gasteiger partial charge in [-0.2, -0.15) is 13.2 Å². The fraction of sp³-hybridized carbons (Fsp3) is 0.357. The third kappa shape index (κ3) is 5.39. The molecule has 1 unspecified atom stereocenters. The molecule has 0 nitrogen and oxygen atoms in total. The van der Waals surface area contributed by atoms with Crippen molar-refractivity contribution in [3.63, 3.8) is 0 Å². The topological polar surface area (TPSA) is 0 Å². The van der Waals surface area contributed by atoms with Gasteiger partial charge in [0, 0.05) is 0 Å². The van der Waals surface area contributed by atoms with Crippen LogP contribution in [0.5, 0.6) is 0 Å². The second-order valence-corrected chi connectivity index (χ2v) is 8.66. The number of hydrogen-bond acceptors (Lipinski definition) is 0. The van der Waals surface area contributed by atoms with Gasteiger partial charge in [-0.1, -0.05) is 111 Å². The molecule has 0 aliphatic heterocycles. The first-order valence-electron chi connectivity index (χ1n) is 11.1. The Balaban J connectivity index is 1.79. The molecule has 3 heteroatoms. The Labute approximate surface area is 184 Å². The van der Waals surface area contributed by atoms with E-state index in [1.165, 1.54) is 12.5 Å². The van der Waals surface area contributed by atoms with Crippen LogP contribution < -0.4 is 0 Å². The van der Waals surface area contributed by atoms with Crippen LogP contribution in [0.3, 0.4) is 0 Å². The number of unbranched alkanes of at least 4 members (excludes halogenated alkanes) is 3. The summed E-state index contributed by atoms with van der Waals surface area (Å²) in [5, 5.41) is 0. The summed E-state index contributed by atoms with van der Waals surface area (Å²) in [6.45, 7) is 5.46. The smallest absolute Gasteiger partial charge is 0.170 e. The number of benzene rings is 3. The third-order valence-corrected chi connectivity index (χ3v) is 6.28. The summed E-state index contributed by atoms with van der Waals surface area (Å²) < 4.78 is 41.9. The van der Waals surface area contributed by atoms with Crippen molar-refractivity contribution < 1.29 is 13.2 Å². The maximum Gasteiger partial charge on any atom is 0.398 e. The van der Waals surface area contributed by atoms with Gasteiger partial charge in [-0.25, -0.2) is 0 Å². The molecule has 0 aliphatic carbocycles. The van der Waals surface area contributed by atoms with Crippen molar-refractivity contribution in [3.8, 4) is 22.3 Å². The summed E-state index contributed by atoms with van der Waals surface area (Å²) in [6.07, 6.45) is -0.719. The van der Waals surface area contributed by atoms with E-state index in [9.17, 15) is 13.2 Å². The van der Waals surface area contributed by atoms with Gasteiger partial charge in [0.2, 0.25) is 0 Å². The van der Waals surface area contributed by atoms with Gasteiger partial charge in [-0.15, -0.1) is 0 Å². The SMILES string of the molecule is CCCCCCC(C)(c1ccc(-c2ccc(-c3ccc(C)cc3)cc2)cc1)C(F)(F)F. The van der Waals surface area contributed by atoms with E-state index in [1.807, 2.05) is 24.3 Å². The lowest BCUT2D eigenvalue weighted by Crippen LogP contribution is -2.39. The molecule has 3 aromatic rings. The van der Waals surface area contributed by atoms with Gasteiger partial charge in [0.1, 0.15) is 0 Å². The van der Waals surface area contributed by atoms with Crippen LogP contribution in [0.25, 0.3) is 22.3 Å². The molecule has 3 aromatic carbocycles. The highest BCUT2D eigenvalue weighted by Gasteiger charge is 2.51. The standard InChI is InChI=1S/C28H31F3/c1-4-5-6-7-20-27(3,28(29,30)31)26-18-16-25(17-19-26)24-14-12-23(13-15-24)22-10-8-21(2)9-11-22/h8-19H,4-7,20H2,1-3H3. The molecule has 0 spiro atoms. The molecule has 0 saturated heterocycles. The van der Waals surface area contributed by atoms with Crippen LogP contribution in [0.1, 0.15) is 57.1 Å². The minimum atomic E-state index is -4.27. The van der Waals surface area contributed by atoms with Crippen molar-refractivity contribution in [1.82, 2.24) is 0 Å². The molecule has 0 bridgehead atoms. The van der Waals surface area contributed by atoms with Crippen LogP contribution in [0, 0.1) is 6.92 Å². The Bertz CT molecular complexity index is 951. The second kappa shape index (κ2) is 9.72. The summed E-state index contributed by atoms with van der Waals surface area (Å²) in [4.78, 5) is 0. The normalized spacial score (nSPS) is 13.7. The first kappa shape index (κ1) is 23.1. The fourth-order valence-corrected chi connectivity index (χ4v) is 3.99. The molecule has 3 rings (SSSR count). The molecule has 1 atom stereocenters. The van der Waals surface area contributed by atoms with E-state index in [0.717, 1.165) is 41.5 Å². The highest BCUT2D eigenvalue weighted by atomic mass is 19.4. The van der Waals surface area contributed by atoms with E-state index < -0.39 is 11.6 Å². The molecule has 0 aromatic heterocycles. The van der Waals surface area contributed by atoms with Crippen molar-refractivity contribution in [2.45, 2.75) is 64.5 Å². The molecule has 0 radical (unpaired) electrons. The van der Waals surface area contributed by atoms with Gasteiger partial charge in [-0.05, 0) is 48.1 Å². The zero-order valence-electron chi connectivity index (χ0n) is 18.6. The summed E-state index contributed by atoms with van der Waals surface area (Å²) in [7, 11) is 0. The molecular weight excluding hydrogens is 393 g/mol. The predicted molar refractivity (Wildman–Crippen MR) is 124 cm³/mol. The second-order valence-electron chi connectivity index (χ2n) is 8.66. The molecule has 0 amide bonds. The molecular formula is C28H31F3. The average Bonchev–Trinajstić information content (AvgIpc) is 2.77. The number of alkyl halides is 3. The summed E-state index contributed by atoms with van der Waals surface area (Å²) in [5.41, 5.74) is 3.95. The number of hydrogen-bond donors (Lipinski definition) is 0. The van der Waals surface area contributed by atoms with Crippen molar-refractivity contribution in [3.05, 3.63) is 83.9 Å². The van der Waals surface area contributed by atoms with E-state index in [1.54, 1.807) is 12.1 Å². The van der Waals surface area contributed by atoms with Crippen molar-refractivity contribution in [2.75, 3.05) is 0 Å². The summed E-state index contributed by atoms with van der Waals surface area (Å²) >= 11 is 0. The lowest BCUT2D eigenvalue weighted by molar-refractivity contribution is -0.188. The van der Waals surface area contributed by atoms with Crippen LogP contribution in [0.4, 0.5) is 13.2 Å². The van der Waals surface area contributed by atoms with Crippen LogP contribution in [0.2, 0.25) is 0 Å². The molecule has 0 fully saturated rings. The largest absolute Gasteiger partial charge is 0.398 e. The van der Waals surface area contributed by atoms with Crippen LogP contribution in [-0.2, 0) is 5.41 Å². The lowest BCUT2D eigenvalue weighted by Gasteiger charge is -2.33. The summed E-state index contributed by atoms with van der Waals surface area (Å²) in [5.74, 6) is 0. The van der Waals surface area contributed by atoms with Gasteiger partial charge in [-0.3, -0.25) is 0 Å². The first-order chi connectivity index (χ1) is 14.7. The van der Waals surface area contributed by atoms with Gasteiger partial charge in [0.15, 0.2) is 0 Å². The predicted octanol–water partition coefficient (Wildman–Crippen LogP) is 9.12. The molecule has 0 saturated carbocycles. The van der Waals surface area contributed by atoms with E-state index in [2.05, 4.69) is 50.2 Å². The van der Waals surface area contributed by atoms with E-state index >= 15 is 0 Å². The molecule has 31 heavy (non-hydrogen) atoms. The van der Waals surface area contributed by atoms with E-state index in [4.69, 9.17) is 0 Å². The van der Waals surface area contributed by atoms with Gasteiger partial charge in [0.05, 0.1) is 5.41 Å². The van der Waals surface area contributed by atoms with Crippen LogP contribution in [-0.4, -0.2) is 6.18 Å². The van der Waals surface area contributed by atoms with Crippen molar-refractivity contribution in [2.24, 2.45) is 0 Å². The number of halogens is 3. The highest BCUT2D eigenvalue weighted by Crippen LogP contribution is 2.45. The van der Waals surface area contributed by atoms with Crippen molar-refractivity contribution >= 4 is 0 Å². The molecule has 164 valence electrons. The van der Waals surface area contributed by atoms with Gasteiger partial charge < -0.3 is 0 Å². The highest BCUT2D eigenvalue weighted by molar-refractivity contribution is 5.70. The number of aryl methyl sites for hydroxylation is 1. The summed E-state index contributed by atoms with van der Waals surface area (Å²) in [6, 6.07) is 23.4. The Morgan fingerprint density at radius 2 is 1.03 bits per heavy atom. The lowest BCUT2D eigenvalue weighted by atomic mass is 9.77. The zero-order chi connectivity index (χ0) is 22.5. The first-order valence-corrected chi connectivity index (χ1v) is 11.1. The number of rotatable bonds is 8. The molecule has 0 heterocycles. The maximum absolute atomic E-state index is 14.0.